The summed E-state index contributed by atoms with van der Waals surface area (Å²) in [4.78, 5) is 24.7. The van der Waals surface area contributed by atoms with Crippen molar-refractivity contribution in [2.24, 2.45) is 13.0 Å². The second-order valence-electron chi connectivity index (χ2n) is 4.88. The summed E-state index contributed by atoms with van der Waals surface area (Å²) >= 11 is 0. The van der Waals surface area contributed by atoms with Gasteiger partial charge in [-0.2, -0.15) is 5.10 Å². The van der Waals surface area contributed by atoms with E-state index < -0.39 is 5.92 Å². The number of aromatic nitrogens is 2. The number of hydrogen-bond donors (Lipinski definition) is 0. The number of rotatable bonds is 2. The van der Waals surface area contributed by atoms with Crippen molar-refractivity contribution in [2.75, 3.05) is 0 Å². The Morgan fingerprint density at radius 2 is 2.16 bits per heavy atom. The minimum absolute atomic E-state index is 0.0595. The van der Waals surface area contributed by atoms with E-state index in [1.807, 2.05) is 18.2 Å². The third kappa shape index (κ3) is 1.99. The number of ketones is 2. The first kappa shape index (κ1) is 11.8. The maximum Gasteiger partial charge on any atom is 0.176 e. The Morgan fingerprint density at radius 1 is 1.37 bits per heavy atom. The summed E-state index contributed by atoms with van der Waals surface area (Å²) in [5.74, 6) is -0.734. The lowest BCUT2D eigenvalue weighted by Crippen LogP contribution is -2.29. The van der Waals surface area contributed by atoms with E-state index in [1.54, 1.807) is 24.0 Å². The Hall–Kier alpha value is -2.23. The molecule has 1 aromatic carbocycles. The van der Waals surface area contributed by atoms with Crippen LogP contribution in [0, 0.1) is 5.92 Å². The fourth-order valence-corrected chi connectivity index (χ4v) is 2.60. The molecule has 4 heteroatoms. The number of aryl methyl sites for hydroxylation is 2. The second-order valence-corrected chi connectivity index (χ2v) is 4.88. The molecular formula is C15H14N2O2. The van der Waals surface area contributed by atoms with Crippen LogP contribution in [0.2, 0.25) is 0 Å². The molecule has 4 nitrogen and oxygen atoms in total. The maximum atomic E-state index is 12.4. The molecule has 1 atom stereocenters. The average molecular weight is 254 g/mol. The maximum absolute atomic E-state index is 12.4. The number of carbonyl (C=O) groups is 2. The standard InChI is InChI=1S/C15H14N2O2/c1-17-9-11(8-16-17)14(18)13-7-6-10-4-2-3-5-12(10)15(13)19/h2-5,8-9,13H,6-7H2,1H3. The monoisotopic (exact) mass is 254 g/mol. The molecule has 1 aliphatic rings. The predicted octanol–water partition coefficient (Wildman–Crippen LogP) is 2.05. The van der Waals surface area contributed by atoms with E-state index >= 15 is 0 Å². The zero-order valence-corrected chi connectivity index (χ0v) is 10.7. The van der Waals surface area contributed by atoms with Crippen LogP contribution in [-0.2, 0) is 13.5 Å². The van der Waals surface area contributed by atoms with Gasteiger partial charge in [0.25, 0.3) is 0 Å². The molecule has 2 aromatic rings. The number of Topliss-reactive ketones (excluding diaryl/α,β-unsaturated/α-hetero) is 2. The predicted molar refractivity (Wildman–Crippen MR) is 70.1 cm³/mol. The molecule has 0 N–H and O–H groups in total. The van der Waals surface area contributed by atoms with E-state index in [2.05, 4.69) is 5.10 Å². The molecule has 96 valence electrons. The van der Waals surface area contributed by atoms with Crippen LogP contribution in [0.25, 0.3) is 0 Å². The normalized spacial score (nSPS) is 18.2. The summed E-state index contributed by atoms with van der Waals surface area (Å²) in [6.07, 6.45) is 4.55. The Labute approximate surface area is 111 Å². The number of fused-ring (bicyclic) bond motifs is 1. The molecule has 0 spiro atoms. The van der Waals surface area contributed by atoms with E-state index in [1.165, 1.54) is 6.20 Å². The van der Waals surface area contributed by atoms with Crippen LogP contribution in [-0.4, -0.2) is 21.3 Å². The van der Waals surface area contributed by atoms with Crippen molar-refractivity contribution in [1.29, 1.82) is 0 Å². The molecule has 1 aliphatic carbocycles. The highest BCUT2D eigenvalue weighted by atomic mass is 16.2. The average Bonchev–Trinajstić information content (AvgIpc) is 2.85. The van der Waals surface area contributed by atoms with Gasteiger partial charge in [0.1, 0.15) is 0 Å². The topological polar surface area (TPSA) is 52.0 Å². The zero-order valence-electron chi connectivity index (χ0n) is 10.7. The van der Waals surface area contributed by atoms with Gasteiger partial charge in [-0.25, -0.2) is 0 Å². The quantitative estimate of drug-likeness (QED) is 0.608. The van der Waals surface area contributed by atoms with Gasteiger partial charge in [-0.15, -0.1) is 0 Å². The third-order valence-electron chi connectivity index (χ3n) is 3.61. The van der Waals surface area contributed by atoms with Gasteiger partial charge in [-0.1, -0.05) is 24.3 Å². The molecule has 1 unspecified atom stereocenters. The Bertz CT molecular complexity index is 658. The van der Waals surface area contributed by atoms with Crippen molar-refractivity contribution in [3.63, 3.8) is 0 Å². The van der Waals surface area contributed by atoms with Crippen LogP contribution in [0.4, 0.5) is 0 Å². The fraction of sp³-hybridized carbons (Fsp3) is 0.267. The molecule has 1 aromatic heterocycles. The van der Waals surface area contributed by atoms with Crippen molar-refractivity contribution in [3.05, 3.63) is 53.3 Å². The summed E-state index contributed by atoms with van der Waals surface area (Å²) in [5.41, 5.74) is 2.25. The number of carbonyl (C=O) groups excluding carboxylic acids is 2. The number of hydrogen-bond acceptors (Lipinski definition) is 3. The van der Waals surface area contributed by atoms with Gasteiger partial charge in [-0.05, 0) is 18.4 Å². The molecule has 0 amide bonds. The first-order valence-corrected chi connectivity index (χ1v) is 6.32. The minimum atomic E-state index is -0.556. The van der Waals surface area contributed by atoms with Crippen molar-refractivity contribution in [1.82, 2.24) is 9.78 Å². The summed E-state index contributed by atoms with van der Waals surface area (Å²) in [5, 5.41) is 3.99. The zero-order chi connectivity index (χ0) is 13.4. The molecule has 0 saturated carbocycles. The highest BCUT2D eigenvalue weighted by Crippen LogP contribution is 2.27. The molecule has 1 heterocycles. The lowest BCUT2D eigenvalue weighted by molar-refractivity contribution is 0.0790. The molecule has 0 fully saturated rings. The van der Waals surface area contributed by atoms with Crippen molar-refractivity contribution in [3.8, 4) is 0 Å². The van der Waals surface area contributed by atoms with Gasteiger partial charge in [0.05, 0.1) is 17.7 Å². The van der Waals surface area contributed by atoms with E-state index in [4.69, 9.17) is 0 Å². The molecule has 0 radical (unpaired) electrons. The smallest absolute Gasteiger partial charge is 0.176 e. The highest BCUT2D eigenvalue weighted by Gasteiger charge is 2.33. The molecular weight excluding hydrogens is 240 g/mol. The first-order chi connectivity index (χ1) is 9.16. The summed E-state index contributed by atoms with van der Waals surface area (Å²) in [6.45, 7) is 0. The summed E-state index contributed by atoms with van der Waals surface area (Å²) in [7, 11) is 1.76. The van der Waals surface area contributed by atoms with Crippen LogP contribution < -0.4 is 0 Å². The van der Waals surface area contributed by atoms with Crippen LogP contribution >= 0.6 is 0 Å². The Morgan fingerprint density at radius 3 is 2.89 bits per heavy atom. The van der Waals surface area contributed by atoms with Crippen molar-refractivity contribution in [2.45, 2.75) is 12.8 Å². The number of benzene rings is 1. The third-order valence-corrected chi connectivity index (χ3v) is 3.61. The van der Waals surface area contributed by atoms with Gasteiger partial charge in [0.15, 0.2) is 11.6 Å². The fourth-order valence-electron chi connectivity index (χ4n) is 2.60. The minimum Gasteiger partial charge on any atom is -0.293 e. The van der Waals surface area contributed by atoms with Crippen LogP contribution in [0.3, 0.4) is 0 Å². The van der Waals surface area contributed by atoms with Gasteiger partial charge in [-0.3, -0.25) is 14.3 Å². The molecule has 0 bridgehead atoms. The van der Waals surface area contributed by atoms with E-state index in [9.17, 15) is 9.59 Å². The lowest BCUT2D eigenvalue weighted by atomic mass is 9.79. The SMILES string of the molecule is Cn1cc(C(=O)C2CCc3ccccc3C2=O)cn1. The van der Waals surface area contributed by atoms with Crippen LogP contribution in [0.15, 0.2) is 36.7 Å². The van der Waals surface area contributed by atoms with Crippen molar-refractivity contribution < 1.29 is 9.59 Å². The Balaban J connectivity index is 1.92. The molecule has 3 rings (SSSR count). The van der Waals surface area contributed by atoms with Gasteiger partial charge in [0.2, 0.25) is 0 Å². The van der Waals surface area contributed by atoms with E-state index in [0.29, 0.717) is 17.5 Å². The highest BCUT2D eigenvalue weighted by molar-refractivity contribution is 6.17. The second kappa shape index (κ2) is 4.46. The van der Waals surface area contributed by atoms with Gasteiger partial charge >= 0.3 is 0 Å². The summed E-state index contributed by atoms with van der Waals surface area (Å²) < 4.78 is 1.58. The largest absolute Gasteiger partial charge is 0.293 e. The van der Waals surface area contributed by atoms with Crippen LogP contribution in [0.5, 0.6) is 0 Å². The van der Waals surface area contributed by atoms with E-state index in [0.717, 1.165) is 12.0 Å². The van der Waals surface area contributed by atoms with Gasteiger partial charge < -0.3 is 0 Å². The lowest BCUT2D eigenvalue weighted by Gasteiger charge is -2.21. The Kier molecular flexibility index (Phi) is 2.78. The molecule has 0 aliphatic heterocycles. The van der Waals surface area contributed by atoms with Crippen molar-refractivity contribution >= 4 is 11.6 Å². The van der Waals surface area contributed by atoms with E-state index in [-0.39, 0.29) is 11.6 Å². The van der Waals surface area contributed by atoms with Crippen LogP contribution in [0.1, 0.15) is 32.7 Å². The summed E-state index contributed by atoms with van der Waals surface area (Å²) in [6, 6.07) is 7.53. The van der Waals surface area contributed by atoms with Gasteiger partial charge in [0, 0.05) is 18.8 Å². The molecule has 0 saturated heterocycles. The molecule has 19 heavy (non-hydrogen) atoms. The first-order valence-electron chi connectivity index (χ1n) is 6.32. The number of nitrogens with zero attached hydrogens (tertiary/aromatic N) is 2.